The van der Waals surface area contributed by atoms with Gasteiger partial charge in [-0.3, -0.25) is 9.69 Å². The minimum absolute atomic E-state index is 0.0469. The van der Waals surface area contributed by atoms with Crippen LogP contribution < -0.4 is 0 Å². The van der Waals surface area contributed by atoms with Gasteiger partial charge in [-0.1, -0.05) is 17.7 Å². The van der Waals surface area contributed by atoms with Gasteiger partial charge in [-0.15, -0.1) is 0 Å². The third kappa shape index (κ3) is 4.99. The molecule has 0 bridgehead atoms. The Labute approximate surface area is 174 Å². The molecule has 2 saturated heterocycles. The predicted molar refractivity (Wildman–Crippen MR) is 112 cm³/mol. The molecule has 0 unspecified atom stereocenters. The highest BCUT2D eigenvalue weighted by Gasteiger charge is 2.32. The van der Waals surface area contributed by atoms with Crippen LogP contribution in [0.4, 0.5) is 0 Å². The molecule has 0 radical (unpaired) electrons. The van der Waals surface area contributed by atoms with Crippen LogP contribution >= 0.6 is 0 Å². The van der Waals surface area contributed by atoms with Crippen molar-refractivity contribution >= 4 is 15.9 Å². The average molecular weight is 424 g/mol. The van der Waals surface area contributed by atoms with Crippen molar-refractivity contribution in [3.05, 3.63) is 28.8 Å². The summed E-state index contributed by atoms with van der Waals surface area (Å²) in [5, 5.41) is 0. The zero-order valence-corrected chi connectivity index (χ0v) is 19.0. The first kappa shape index (κ1) is 22.2. The lowest BCUT2D eigenvalue weighted by atomic mass is 10.1. The van der Waals surface area contributed by atoms with E-state index in [0.29, 0.717) is 50.7 Å². The maximum absolute atomic E-state index is 13.2. The lowest BCUT2D eigenvalue weighted by Crippen LogP contribution is -2.54. The van der Waals surface area contributed by atoms with E-state index in [4.69, 9.17) is 4.74 Å². The SMILES string of the molecule is Cc1cc(C)c(S(=O)(=O)N2CCN(CC(=O)N3C[C@@H](C)O[C@H](C)C3)CC2)c(C)c1. The Morgan fingerprint density at radius 2 is 1.52 bits per heavy atom. The van der Waals surface area contributed by atoms with Gasteiger partial charge in [-0.2, -0.15) is 4.31 Å². The number of nitrogens with zero attached hydrogens (tertiary/aromatic N) is 3. The Hall–Kier alpha value is -1.48. The molecule has 3 rings (SSSR count). The van der Waals surface area contributed by atoms with Crippen LogP contribution in [0.2, 0.25) is 0 Å². The second kappa shape index (κ2) is 8.71. The first-order valence-corrected chi connectivity index (χ1v) is 11.8. The van der Waals surface area contributed by atoms with Gasteiger partial charge < -0.3 is 9.64 Å². The summed E-state index contributed by atoms with van der Waals surface area (Å²) in [5.41, 5.74) is 2.64. The van der Waals surface area contributed by atoms with Crippen molar-refractivity contribution in [2.24, 2.45) is 0 Å². The van der Waals surface area contributed by atoms with Crippen molar-refractivity contribution in [2.75, 3.05) is 45.8 Å². The molecular weight excluding hydrogens is 390 g/mol. The van der Waals surface area contributed by atoms with Crippen LogP contribution in [0, 0.1) is 20.8 Å². The number of carbonyl (C=O) groups excluding carboxylic acids is 1. The molecule has 8 heteroatoms. The number of carbonyl (C=O) groups is 1. The second-order valence-corrected chi connectivity index (χ2v) is 10.3. The van der Waals surface area contributed by atoms with E-state index in [9.17, 15) is 13.2 Å². The number of hydrogen-bond donors (Lipinski definition) is 0. The van der Waals surface area contributed by atoms with E-state index in [1.807, 2.05) is 56.6 Å². The van der Waals surface area contributed by atoms with Crippen LogP contribution in [0.3, 0.4) is 0 Å². The molecule has 1 amide bonds. The third-order valence-corrected chi connectivity index (χ3v) is 7.87. The number of morpholine rings is 1. The molecule has 29 heavy (non-hydrogen) atoms. The van der Waals surface area contributed by atoms with Crippen LogP contribution in [0.5, 0.6) is 0 Å². The monoisotopic (exact) mass is 423 g/mol. The smallest absolute Gasteiger partial charge is 0.243 e. The molecule has 7 nitrogen and oxygen atoms in total. The average Bonchev–Trinajstić information content (AvgIpc) is 2.60. The summed E-state index contributed by atoms with van der Waals surface area (Å²) in [7, 11) is -3.53. The number of amides is 1. The third-order valence-electron chi connectivity index (χ3n) is 5.66. The van der Waals surface area contributed by atoms with Gasteiger partial charge in [0.2, 0.25) is 15.9 Å². The highest BCUT2D eigenvalue weighted by molar-refractivity contribution is 7.89. The summed E-state index contributed by atoms with van der Waals surface area (Å²) in [6, 6.07) is 3.83. The lowest BCUT2D eigenvalue weighted by molar-refractivity contribution is -0.144. The van der Waals surface area contributed by atoms with E-state index in [1.54, 1.807) is 4.31 Å². The van der Waals surface area contributed by atoms with Crippen LogP contribution in [0.25, 0.3) is 0 Å². The Balaban J connectivity index is 1.61. The zero-order valence-electron chi connectivity index (χ0n) is 18.1. The van der Waals surface area contributed by atoms with Gasteiger partial charge >= 0.3 is 0 Å². The molecule has 0 saturated carbocycles. The first-order chi connectivity index (χ1) is 13.6. The summed E-state index contributed by atoms with van der Waals surface area (Å²) in [5.74, 6) is 0.0912. The van der Waals surface area contributed by atoms with Gasteiger partial charge in [0.15, 0.2) is 0 Å². The van der Waals surface area contributed by atoms with Crippen molar-refractivity contribution in [1.29, 1.82) is 0 Å². The highest BCUT2D eigenvalue weighted by Crippen LogP contribution is 2.26. The molecule has 0 aliphatic carbocycles. The molecule has 2 fully saturated rings. The zero-order chi connectivity index (χ0) is 21.3. The number of rotatable bonds is 4. The molecule has 1 aromatic carbocycles. The normalized spacial score (nSPS) is 24.7. The molecule has 0 aromatic heterocycles. The van der Waals surface area contributed by atoms with E-state index >= 15 is 0 Å². The maximum atomic E-state index is 13.2. The quantitative estimate of drug-likeness (QED) is 0.735. The van der Waals surface area contributed by atoms with Gasteiger partial charge in [-0.05, 0) is 45.7 Å². The first-order valence-electron chi connectivity index (χ1n) is 10.3. The largest absolute Gasteiger partial charge is 0.372 e. The molecule has 2 atom stereocenters. The molecule has 0 spiro atoms. The number of piperazine rings is 1. The molecule has 2 aliphatic heterocycles. The Morgan fingerprint density at radius 1 is 1.00 bits per heavy atom. The van der Waals surface area contributed by atoms with Gasteiger partial charge in [0.25, 0.3) is 0 Å². The van der Waals surface area contributed by atoms with E-state index in [2.05, 4.69) is 0 Å². The number of benzene rings is 1. The van der Waals surface area contributed by atoms with E-state index in [-0.39, 0.29) is 18.1 Å². The standard InChI is InChI=1S/C21H33N3O4S/c1-15-10-16(2)21(17(3)11-15)29(26,27)24-8-6-22(7-9-24)14-20(25)23-12-18(4)28-19(5)13-23/h10-11,18-19H,6-9,12-14H2,1-5H3/t18-,19-/m1/s1. The summed E-state index contributed by atoms with van der Waals surface area (Å²) in [6.07, 6.45) is 0.0938. The van der Waals surface area contributed by atoms with E-state index in [1.165, 1.54) is 0 Å². The van der Waals surface area contributed by atoms with Gasteiger partial charge in [0.05, 0.1) is 23.6 Å². The number of hydrogen-bond acceptors (Lipinski definition) is 5. The summed E-state index contributed by atoms with van der Waals surface area (Å²) < 4.78 is 33.7. The molecule has 2 aliphatic rings. The van der Waals surface area contributed by atoms with Gasteiger partial charge in [0, 0.05) is 39.3 Å². The fourth-order valence-electron chi connectivity index (χ4n) is 4.50. The summed E-state index contributed by atoms with van der Waals surface area (Å²) in [4.78, 5) is 17.0. The van der Waals surface area contributed by atoms with E-state index in [0.717, 1.165) is 16.7 Å². The topological polar surface area (TPSA) is 70.2 Å². The van der Waals surface area contributed by atoms with Crippen LogP contribution in [-0.2, 0) is 19.6 Å². The van der Waals surface area contributed by atoms with Crippen LogP contribution in [0.1, 0.15) is 30.5 Å². The van der Waals surface area contributed by atoms with Crippen molar-refractivity contribution in [2.45, 2.75) is 51.7 Å². The maximum Gasteiger partial charge on any atom is 0.243 e. The van der Waals surface area contributed by atoms with Crippen molar-refractivity contribution in [3.8, 4) is 0 Å². The Kier molecular flexibility index (Phi) is 6.67. The number of ether oxygens (including phenoxy) is 1. The molecule has 0 N–H and O–H groups in total. The fourth-order valence-corrected chi connectivity index (χ4v) is 6.34. The molecule has 2 heterocycles. The van der Waals surface area contributed by atoms with E-state index < -0.39 is 10.0 Å². The summed E-state index contributed by atoms with van der Waals surface area (Å²) >= 11 is 0. The number of sulfonamides is 1. The lowest BCUT2D eigenvalue weighted by Gasteiger charge is -2.38. The molecule has 1 aromatic rings. The van der Waals surface area contributed by atoms with Crippen LogP contribution in [-0.4, -0.2) is 86.5 Å². The number of aryl methyl sites for hydroxylation is 3. The van der Waals surface area contributed by atoms with Crippen molar-refractivity contribution in [3.63, 3.8) is 0 Å². The summed E-state index contributed by atoms with van der Waals surface area (Å²) in [6.45, 7) is 13.1. The molecular formula is C21H33N3O4S. The van der Waals surface area contributed by atoms with Crippen molar-refractivity contribution < 1.29 is 17.9 Å². The molecule has 162 valence electrons. The van der Waals surface area contributed by atoms with Crippen LogP contribution in [0.15, 0.2) is 17.0 Å². The Bertz CT molecular complexity index is 830. The van der Waals surface area contributed by atoms with Gasteiger partial charge in [-0.25, -0.2) is 8.42 Å². The highest BCUT2D eigenvalue weighted by atomic mass is 32.2. The minimum atomic E-state index is -3.53. The van der Waals surface area contributed by atoms with Crippen molar-refractivity contribution in [1.82, 2.24) is 14.1 Å². The Morgan fingerprint density at radius 3 is 2.03 bits per heavy atom. The van der Waals surface area contributed by atoms with Gasteiger partial charge in [0.1, 0.15) is 0 Å². The second-order valence-electron chi connectivity index (χ2n) is 8.46. The minimum Gasteiger partial charge on any atom is -0.372 e. The fraction of sp³-hybridized carbons (Fsp3) is 0.667. The predicted octanol–water partition coefficient (Wildman–Crippen LogP) is 1.55.